The van der Waals surface area contributed by atoms with Gasteiger partial charge in [-0.1, -0.05) is 6.92 Å². The van der Waals surface area contributed by atoms with Crippen molar-refractivity contribution in [3.63, 3.8) is 0 Å². The monoisotopic (exact) mass is 143 g/mol. The number of fused-ring (bicyclic) bond motifs is 1. The van der Waals surface area contributed by atoms with Crippen LogP contribution in [0, 0.1) is 17.8 Å². The molecule has 2 aliphatic rings. The predicted octanol–water partition coefficient (Wildman–Crippen LogP) is 1.15. The van der Waals surface area contributed by atoms with Gasteiger partial charge in [-0.25, -0.2) is 4.39 Å². The summed E-state index contributed by atoms with van der Waals surface area (Å²) < 4.78 is 11.8. The molecule has 2 atom stereocenters. The molecule has 1 saturated carbocycles. The zero-order valence-corrected chi connectivity index (χ0v) is 6.39. The molecule has 1 nitrogen and oxygen atoms in total. The number of likely N-dealkylation sites (tertiary alicyclic amines) is 1. The van der Waals surface area contributed by atoms with Crippen LogP contribution in [0.5, 0.6) is 0 Å². The van der Waals surface area contributed by atoms with Crippen LogP contribution < -0.4 is 0 Å². The van der Waals surface area contributed by atoms with Gasteiger partial charge in [0.15, 0.2) is 0 Å². The van der Waals surface area contributed by atoms with Gasteiger partial charge in [-0.3, -0.25) is 0 Å². The fourth-order valence-electron chi connectivity index (χ4n) is 2.21. The van der Waals surface area contributed by atoms with Crippen molar-refractivity contribution < 1.29 is 4.39 Å². The minimum Gasteiger partial charge on any atom is -0.300 e. The van der Waals surface area contributed by atoms with Gasteiger partial charge in [0.2, 0.25) is 0 Å². The number of alkyl halides is 1. The minimum atomic E-state index is -0.173. The molecule has 0 radical (unpaired) electrons. The van der Waals surface area contributed by atoms with Crippen LogP contribution in [0.15, 0.2) is 0 Å². The molecule has 0 aromatic heterocycles. The van der Waals surface area contributed by atoms with Crippen molar-refractivity contribution in [1.82, 2.24) is 4.90 Å². The third kappa shape index (κ3) is 0.858. The summed E-state index contributed by atoms with van der Waals surface area (Å²) in [6.45, 7) is 5.13. The SMILES string of the molecule is CC1C2CN(CCF)CC12. The third-order valence-electron chi connectivity index (χ3n) is 3.10. The Kier molecular flexibility index (Phi) is 1.44. The maximum absolute atomic E-state index is 11.8. The van der Waals surface area contributed by atoms with E-state index in [1.807, 2.05) is 0 Å². The van der Waals surface area contributed by atoms with Crippen molar-refractivity contribution in [2.24, 2.45) is 17.8 Å². The first-order chi connectivity index (χ1) is 4.83. The van der Waals surface area contributed by atoms with Crippen molar-refractivity contribution in [1.29, 1.82) is 0 Å². The van der Waals surface area contributed by atoms with Gasteiger partial charge >= 0.3 is 0 Å². The largest absolute Gasteiger partial charge is 0.300 e. The summed E-state index contributed by atoms with van der Waals surface area (Å²) in [7, 11) is 0. The second-order valence-corrected chi connectivity index (χ2v) is 3.64. The molecule has 0 aromatic rings. The van der Waals surface area contributed by atoms with Crippen LogP contribution in [0.4, 0.5) is 4.39 Å². The van der Waals surface area contributed by atoms with Crippen LogP contribution in [0.1, 0.15) is 6.92 Å². The van der Waals surface area contributed by atoms with Crippen LogP contribution in [-0.2, 0) is 0 Å². The third-order valence-corrected chi connectivity index (χ3v) is 3.10. The Morgan fingerprint density at radius 2 is 2.00 bits per heavy atom. The number of nitrogens with zero attached hydrogens (tertiary/aromatic N) is 1. The second-order valence-electron chi connectivity index (χ2n) is 3.64. The van der Waals surface area contributed by atoms with E-state index in [0.29, 0.717) is 6.54 Å². The van der Waals surface area contributed by atoms with Gasteiger partial charge in [-0.05, 0) is 17.8 Å². The molecule has 1 aliphatic heterocycles. The van der Waals surface area contributed by atoms with Gasteiger partial charge in [0.1, 0.15) is 6.67 Å². The lowest BCUT2D eigenvalue weighted by atomic mass is 10.3. The molecule has 10 heavy (non-hydrogen) atoms. The molecule has 2 rings (SSSR count). The number of piperidine rings is 1. The molecule has 2 heteroatoms. The lowest BCUT2D eigenvalue weighted by Crippen LogP contribution is -2.26. The van der Waals surface area contributed by atoms with Gasteiger partial charge in [-0.15, -0.1) is 0 Å². The molecule has 1 saturated heterocycles. The summed E-state index contributed by atoms with van der Waals surface area (Å²) in [5, 5.41) is 0. The summed E-state index contributed by atoms with van der Waals surface area (Å²) >= 11 is 0. The lowest BCUT2D eigenvalue weighted by Gasteiger charge is -2.15. The number of hydrogen-bond acceptors (Lipinski definition) is 1. The minimum absolute atomic E-state index is 0.173. The molecule has 1 heterocycles. The van der Waals surface area contributed by atoms with Crippen LogP contribution in [0.3, 0.4) is 0 Å². The first-order valence-electron chi connectivity index (χ1n) is 4.11. The Morgan fingerprint density at radius 3 is 2.50 bits per heavy atom. The van der Waals surface area contributed by atoms with Crippen molar-refractivity contribution in [2.75, 3.05) is 26.3 Å². The molecule has 58 valence electrons. The van der Waals surface area contributed by atoms with Crippen molar-refractivity contribution in [3.8, 4) is 0 Å². The topological polar surface area (TPSA) is 3.24 Å². The summed E-state index contributed by atoms with van der Waals surface area (Å²) in [6.07, 6.45) is 0. The summed E-state index contributed by atoms with van der Waals surface area (Å²) in [5.41, 5.74) is 0. The Morgan fingerprint density at radius 1 is 1.40 bits per heavy atom. The molecule has 2 unspecified atom stereocenters. The normalized spacial score (nSPS) is 45.6. The smallest absolute Gasteiger partial charge is 0.102 e. The Labute approximate surface area is 61.2 Å². The molecule has 2 fully saturated rings. The fraction of sp³-hybridized carbons (Fsp3) is 1.00. The summed E-state index contributed by atoms with van der Waals surface area (Å²) in [6, 6.07) is 0. The molecule has 0 spiro atoms. The van der Waals surface area contributed by atoms with Crippen molar-refractivity contribution in [3.05, 3.63) is 0 Å². The lowest BCUT2D eigenvalue weighted by molar-refractivity contribution is 0.261. The standard InChI is InChI=1S/C8H14FN/c1-6-7-4-10(3-2-9)5-8(6)7/h6-8H,2-5H2,1H3. The highest BCUT2D eigenvalue weighted by atomic mass is 19.1. The summed E-state index contributed by atoms with van der Waals surface area (Å²) in [4.78, 5) is 2.25. The average molecular weight is 143 g/mol. The van der Waals surface area contributed by atoms with Gasteiger partial charge in [0.25, 0.3) is 0 Å². The Balaban J connectivity index is 1.79. The molecule has 0 amide bonds. The van der Waals surface area contributed by atoms with Gasteiger partial charge < -0.3 is 4.90 Å². The van der Waals surface area contributed by atoms with E-state index in [0.717, 1.165) is 30.8 Å². The van der Waals surface area contributed by atoms with E-state index < -0.39 is 0 Å². The van der Waals surface area contributed by atoms with Crippen LogP contribution in [0.25, 0.3) is 0 Å². The average Bonchev–Trinajstić information content (AvgIpc) is 2.44. The predicted molar refractivity (Wildman–Crippen MR) is 38.6 cm³/mol. The highest BCUT2D eigenvalue weighted by Crippen LogP contribution is 2.50. The maximum Gasteiger partial charge on any atom is 0.102 e. The Hall–Kier alpha value is -0.110. The molecule has 0 N–H and O–H groups in total. The number of rotatable bonds is 2. The van der Waals surface area contributed by atoms with Crippen LogP contribution in [0.2, 0.25) is 0 Å². The second kappa shape index (κ2) is 2.19. The van der Waals surface area contributed by atoms with E-state index in [1.165, 1.54) is 0 Å². The van der Waals surface area contributed by atoms with Gasteiger partial charge in [-0.2, -0.15) is 0 Å². The molecular formula is C8H14FN. The van der Waals surface area contributed by atoms with Crippen LogP contribution >= 0.6 is 0 Å². The van der Waals surface area contributed by atoms with E-state index in [-0.39, 0.29) is 6.67 Å². The Bertz CT molecular complexity index is 125. The van der Waals surface area contributed by atoms with E-state index in [9.17, 15) is 4.39 Å². The van der Waals surface area contributed by atoms with Crippen molar-refractivity contribution >= 4 is 0 Å². The van der Waals surface area contributed by atoms with Gasteiger partial charge in [0.05, 0.1) is 0 Å². The molecule has 0 bridgehead atoms. The van der Waals surface area contributed by atoms with Gasteiger partial charge in [0, 0.05) is 19.6 Å². The zero-order valence-electron chi connectivity index (χ0n) is 6.39. The zero-order chi connectivity index (χ0) is 7.14. The highest BCUT2D eigenvalue weighted by Gasteiger charge is 2.52. The number of hydrogen-bond donors (Lipinski definition) is 0. The van der Waals surface area contributed by atoms with E-state index in [4.69, 9.17) is 0 Å². The van der Waals surface area contributed by atoms with E-state index in [1.54, 1.807) is 0 Å². The molecule has 1 aliphatic carbocycles. The van der Waals surface area contributed by atoms with Crippen LogP contribution in [-0.4, -0.2) is 31.2 Å². The van der Waals surface area contributed by atoms with E-state index in [2.05, 4.69) is 11.8 Å². The molecule has 0 aromatic carbocycles. The van der Waals surface area contributed by atoms with E-state index >= 15 is 0 Å². The first kappa shape index (κ1) is 6.59. The van der Waals surface area contributed by atoms with Crippen molar-refractivity contribution in [2.45, 2.75) is 6.92 Å². The first-order valence-corrected chi connectivity index (χ1v) is 4.11. The quantitative estimate of drug-likeness (QED) is 0.560. The summed E-state index contributed by atoms with van der Waals surface area (Å²) in [5.74, 6) is 2.79. The fourth-order valence-corrected chi connectivity index (χ4v) is 2.21. The highest BCUT2D eigenvalue weighted by molar-refractivity contribution is 5.02. The number of halogens is 1. The molecular weight excluding hydrogens is 129 g/mol. The maximum atomic E-state index is 11.8.